The molecule has 0 heterocycles. The molecule has 0 aliphatic rings. The van der Waals surface area contributed by atoms with Gasteiger partial charge < -0.3 is 9.64 Å². The molecule has 0 saturated heterocycles. The van der Waals surface area contributed by atoms with Gasteiger partial charge in [-0.1, -0.05) is 0 Å². The van der Waals surface area contributed by atoms with Gasteiger partial charge in [0.2, 0.25) is 0 Å². The Labute approximate surface area is 81.1 Å². The fourth-order valence-electron chi connectivity index (χ4n) is 1.28. The zero-order valence-electron chi connectivity index (χ0n) is 9.55. The molecule has 78 valence electrons. The van der Waals surface area contributed by atoms with E-state index in [0.29, 0.717) is 0 Å². The Morgan fingerprint density at radius 2 is 1.92 bits per heavy atom. The molecular weight excluding hydrogens is 166 g/mol. The van der Waals surface area contributed by atoms with E-state index < -0.39 is 0 Å². The monoisotopic (exact) mass is 187 g/mol. The summed E-state index contributed by atoms with van der Waals surface area (Å²) < 4.78 is 5.00. The van der Waals surface area contributed by atoms with Gasteiger partial charge in [-0.2, -0.15) is 0 Å². The van der Waals surface area contributed by atoms with Crippen LogP contribution in [0.1, 0.15) is 34.6 Å². The van der Waals surface area contributed by atoms with Crippen LogP contribution in [0.5, 0.6) is 0 Å². The first-order valence-corrected chi connectivity index (χ1v) is 4.68. The van der Waals surface area contributed by atoms with Crippen molar-refractivity contribution < 1.29 is 9.53 Å². The Balaban J connectivity index is 4.51. The lowest BCUT2D eigenvalue weighted by atomic mass is 10.1. The van der Waals surface area contributed by atoms with Gasteiger partial charge in [0, 0.05) is 19.2 Å². The van der Waals surface area contributed by atoms with Gasteiger partial charge in [0.15, 0.2) is 0 Å². The molecule has 0 radical (unpaired) electrons. The van der Waals surface area contributed by atoms with Crippen LogP contribution in [0, 0.1) is 0 Å². The van der Waals surface area contributed by atoms with Gasteiger partial charge in [-0.25, -0.2) is 0 Å². The maximum absolute atomic E-state index is 11.8. The molecule has 0 aromatic carbocycles. The fraction of sp³-hybridized carbons (Fsp3) is 0.900. The number of methoxy groups -OCH3 is 1. The molecule has 1 unspecified atom stereocenters. The average Bonchev–Trinajstić information content (AvgIpc) is 2.01. The number of carbonyl (C=O) groups excluding carboxylic acids is 1. The third-order valence-electron chi connectivity index (χ3n) is 2.09. The fourth-order valence-corrected chi connectivity index (χ4v) is 1.28. The Morgan fingerprint density at radius 1 is 1.46 bits per heavy atom. The van der Waals surface area contributed by atoms with Gasteiger partial charge in [0.05, 0.1) is 0 Å². The first-order valence-electron chi connectivity index (χ1n) is 4.68. The molecule has 13 heavy (non-hydrogen) atoms. The smallest absolute Gasteiger partial charge is 0.251 e. The number of rotatable bonds is 3. The van der Waals surface area contributed by atoms with Crippen molar-refractivity contribution in [3.8, 4) is 0 Å². The van der Waals surface area contributed by atoms with Gasteiger partial charge >= 0.3 is 0 Å². The first kappa shape index (κ1) is 12.4. The predicted molar refractivity (Wildman–Crippen MR) is 53.6 cm³/mol. The quantitative estimate of drug-likeness (QED) is 0.672. The molecule has 0 aromatic heterocycles. The lowest BCUT2D eigenvalue weighted by Gasteiger charge is -2.36. The summed E-state index contributed by atoms with van der Waals surface area (Å²) in [6, 6.07) is 0. The van der Waals surface area contributed by atoms with Crippen LogP contribution in [0.4, 0.5) is 0 Å². The summed E-state index contributed by atoms with van der Waals surface area (Å²) in [4.78, 5) is 13.6. The molecule has 1 atom stereocenters. The highest BCUT2D eigenvalue weighted by Gasteiger charge is 2.27. The largest absolute Gasteiger partial charge is 0.372 e. The molecular formula is C10H21NO2. The summed E-state index contributed by atoms with van der Waals surface area (Å²) in [5.74, 6) is 0.0532. The maximum atomic E-state index is 11.8. The molecule has 0 fully saturated rings. The van der Waals surface area contributed by atoms with Gasteiger partial charge in [-0.15, -0.1) is 0 Å². The van der Waals surface area contributed by atoms with Crippen molar-refractivity contribution in [2.75, 3.05) is 13.7 Å². The molecule has 0 N–H and O–H groups in total. The maximum Gasteiger partial charge on any atom is 0.251 e. The summed E-state index contributed by atoms with van der Waals surface area (Å²) in [7, 11) is 1.55. The molecule has 0 aromatic rings. The van der Waals surface area contributed by atoms with Crippen molar-refractivity contribution in [2.24, 2.45) is 0 Å². The first-order chi connectivity index (χ1) is 5.84. The summed E-state index contributed by atoms with van der Waals surface area (Å²) in [5.41, 5.74) is -0.126. The molecule has 0 spiro atoms. The van der Waals surface area contributed by atoms with Crippen LogP contribution in [0.15, 0.2) is 0 Å². The number of ether oxygens (including phenoxy) is 1. The van der Waals surface area contributed by atoms with E-state index >= 15 is 0 Å². The number of hydrogen-bond donors (Lipinski definition) is 0. The van der Waals surface area contributed by atoms with Crippen molar-refractivity contribution in [3.63, 3.8) is 0 Å². The molecule has 0 aliphatic carbocycles. The van der Waals surface area contributed by atoms with Gasteiger partial charge in [0.25, 0.3) is 5.91 Å². The summed E-state index contributed by atoms with van der Waals surface area (Å²) in [6.45, 7) is 10.5. The Morgan fingerprint density at radius 3 is 2.15 bits per heavy atom. The van der Waals surface area contributed by atoms with Crippen molar-refractivity contribution in [2.45, 2.75) is 46.3 Å². The molecule has 3 heteroatoms. The number of carbonyl (C=O) groups is 1. The minimum atomic E-state index is -0.348. The lowest BCUT2D eigenvalue weighted by molar-refractivity contribution is -0.145. The van der Waals surface area contributed by atoms with E-state index in [9.17, 15) is 4.79 Å². The minimum absolute atomic E-state index is 0.0532. The summed E-state index contributed by atoms with van der Waals surface area (Å²) in [5, 5.41) is 0. The second-order valence-electron chi connectivity index (χ2n) is 4.13. The molecule has 0 aliphatic heterocycles. The van der Waals surface area contributed by atoms with E-state index in [1.165, 1.54) is 0 Å². The SMILES string of the molecule is CCN(C(=O)C(C)OC)C(C)(C)C. The highest BCUT2D eigenvalue weighted by atomic mass is 16.5. The van der Waals surface area contributed by atoms with Crippen molar-refractivity contribution in [3.05, 3.63) is 0 Å². The highest BCUT2D eigenvalue weighted by molar-refractivity contribution is 5.81. The van der Waals surface area contributed by atoms with Crippen LogP contribution in [0.2, 0.25) is 0 Å². The molecule has 1 amide bonds. The van der Waals surface area contributed by atoms with Crippen LogP contribution in [0.25, 0.3) is 0 Å². The standard InChI is InChI=1S/C10H21NO2/c1-7-11(10(3,4)5)9(12)8(2)13-6/h8H,7H2,1-6H3. The number of likely N-dealkylation sites (N-methyl/N-ethyl adjacent to an activating group) is 1. The van der Waals surface area contributed by atoms with Crippen LogP contribution < -0.4 is 0 Å². The van der Waals surface area contributed by atoms with Crippen LogP contribution in [0.3, 0.4) is 0 Å². The highest BCUT2D eigenvalue weighted by Crippen LogP contribution is 2.14. The third kappa shape index (κ3) is 3.35. The second-order valence-corrected chi connectivity index (χ2v) is 4.13. The Kier molecular flexibility index (Phi) is 4.40. The molecule has 0 rings (SSSR count). The molecule has 0 saturated carbocycles. The van der Waals surface area contributed by atoms with E-state index in [4.69, 9.17) is 4.74 Å². The number of amides is 1. The second kappa shape index (κ2) is 4.61. The van der Waals surface area contributed by atoms with Crippen LogP contribution >= 0.6 is 0 Å². The summed E-state index contributed by atoms with van der Waals surface area (Å²) >= 11 is 0. The molecule has 0 bridgehead atoms. The minimum Gasteiger partial charge on any atom is -0.372 e. The van der Waals surface area contributed by atoms with Crippen molar-refractivity contribution in [1.82, 2.24) is 4.90 Å². The lowest BCUT2D eigenvalue weighted by Crippen LogP contribution is -2.49. The summed E-state index contributed by atoms with van der Waals surface area (Å²) in [6.07, 6.45) is -0.348. The van der Waals surface area contributed by atoms with Gasteiger partial charge in [-0.3, -0.25) is 4.79 Å². The third-order valence-corrected chi connectivity index (χ3v) is 2.09. The van der Waals surface area contributed by atoms with E-state index in [1.807, 2.05) is 32.6 Å². The zero-order valence-corrected chi connectivity index (χ0v) is 9.55. The van der Waals surface area contributed by atoms with Crippen molar-refractivity contribution >= 4 is 5.91 Å². The predicted octanol–water partition coefficient (Wildman–Crippen LogP) is 1.67. The number of nitrogens with zero attached hydrogens (tertiary/aromatic N) is 1. The van der Waals surface area contributed by atoms with E-state index in [1.54, 1.807) is 14.0 Å². The molecule has 3 nitrogen and oxygen atoms in total. The van der Waals surface area contributed by atoms with E-state index in [2.05, 4.69) is 0 Å². The van der Waals surface area contributed by atoms with Gasteiger partial charge in [0.1, 0.15) is 6.10 Å². The normalized spacial score (nSPS) is 14.0. The van der Waals surface area contributed by atoms with E-state index in [0.717, 1.165) is 6.54 Å². The van der Waals surface area contributed by atoms with Gasteiger partial charge in [-0.05, 0) is 34.6 Å². The van der Waals surface area contributed by atoms with Crippen molar-refractivity contribution in [1.29, 1.82) is 0 Å². The van der Waals surface area contributed by atoms with Crippen LogP contribution in [-0.2, 0) is 9.53 Å². The zero-order chi connectivity index (χ0) is 10.6. The Hall–Kier alpha value is -0.570. The van der Waals surface area contributed by atoms with E-state index in [-0.39, 0.29) is 17.6 Å². The average molecular weight is 187 g/mol. The van der Waals surface area contributed by atoms with Crippen LogP contribution in [-0.4, -0.2) is 36.1 Å². The number of hydrogen-bond acceptors (Lipinski definition) is 2. The topological polar surface area (TPSA) is 29.5 Å². The Bertz CT molecular complexity index is 172.